The van der Waals surface area contributed by atoms with Crippen LogP contribution in [-0.2, 0) is 9.59 Å². The summed E-state index contributed by atoms with van der Waals surface area (Å²) in [6.07, 6.45) is 6.25. The van der Waals surface area contributed by atoms with Crippen LogP contribution >= 0.6 is 0 Å². The Morgan fingerprint density at radius 2 is 1.93 bits per heavy atom. The summed E-state index contributed by atoms with van der Waals surface area (Å²) in [6, 6.07) is 0. The summed E-state index contributed by atoms with van der Waals surface area (Å²) in [5.41, 5.74) is 8.06. The first-order valence-electron chi connectivity index (χ1n) is 5.03. The Kier molecular flexibility index (Phi) is 8.10. The van der Waals surface area contributed by atoms with Crippen molar-refractivity contribution in [3.8, 4) is 0 Å². The molecule has 0 saturated heterocycles. The van der Waals surface area contributed by atoms with Crippen LogP contribution in [0.15, 0.2) is 12.7 Å². The van der Waals surface area contributed by atoms with Crippen molar-refractivity contribution in [2.75, 3.05) is 0 Å². The number of carbonyl (C=O) groups excluding carboxylic acids is 2. The van der Waals surface area contributed by atoms with Crippen LogP contribution in [0.1, 0.15) is 38.5 Å². The molecule has 0 heterocycles. The van der Waals surface area contributed by atoms with Crippen molar-refractivity contribution in [3.05, 3.63) is 18.2 Å². The molecule has 0 aliphatic heterocycles. The molecule has 0 radical (unpaired) electrons. The molecule has 0 aromatic rings. The maximum atomic E-state index is 11.2. The Bertz CT molecular complexity index is 278. The minimum Gasteiger partial charge on any atom is -0.361 e. The second-order valence-electron chi connectivity index (χ2n) is 3.28. The lowest BCUT2D eigenvalue weighted by atomic mass is 10.1. The number of carbonyl (C=O) groups is 2. The number of allylic oxidation sites excluding steroid dienone is 1. The molecule has 0 atom stereocenters. The predicted octanol–water partition coefficient (Wildman–Crippen LogP) is 1.95. The fourth-order valence-electron chi connectivity index (χ4n) is 1.13. The first-order valence-corrected chi connectivity index (χ1v) is 5.03. The fraction of sp³-hybridized carbons (Fsp3) is 0.545. The molecule has 0 amide bonds. The van der Waals surface area contributed by atoms with Crippen molar-refractivity contribution in [2.24, 2.45) is 0 Å². The molecule has 0 saturated carbocycles. The van der Waals surface area contributed by atoms with E-state index in [1.54, 1.807) is 0 Å². The highest BCUT2D eigenvalue weighted by molar-refractivity contribution is 6.25. The van der Waals surface area contributed by atoms with Gasteiger partial charge >= 0.3 is 6.21 Å². The van der Waals surface area contributed by atoms with Crippen LogP contribution in [-0.4, -0.2) is 22.6 Å². The van der Waals surface area contributed by atoms with Gasteiger partial charge in [-0.1, -0.05) is 6.08 Å². The van der Waals surface area contributed by atoms with Crippen LogP contribution in [0.3, 0.4) is 0 Å². The van der Waals surface area contributed by atoms with Gasteiger partial charge in [-0.15, -0.1) is 6.58 Å². The molecule has 0 bridgehead atoms. The van der Waals surface area contributed by atoms with Crippen LogP contribution < -0.4 is 0 Å². The van der Waals surface area contributed by atoms with Crippen LogP contribution in [0.4, 0.5) is 0 Å². The molecule has 0 aromatic carbocycles. The van der Waals surface area contributed by atoms with Gasteiger partial charge in [-0.05, 0) is 19.3 Å². The first-order chi connectivity index (χ1) is 7.20. The molecule has 82 valence electrons. The van der Waals surface area contributed by atoms with Crippen molar-refractivity contribution >= 4 is 17.8 Å². The van der Waals surface area contributed by atoms with Gasteiger partial charge in [-0.3, -0.25) is 9.59 Å². The highest BCUT2D eigenvalue weighted by Crippen LogP contribution is 2.04. The van der Waals surface area contributed by atoms with Gasteiger partial charge in [0.1, 0.15) is 5.78 Å². The monoisotopic (exact) mass is 208 g/mol. The lowest BCUT2D eigenvalue weighted by Gasteiger charge is -1.97. The standard InChI is InChI=1S/C11H16N2O2/c1-2-3-4-5-6-10(14)7-8-11(15)9-13-12/h2,9H,1,3-8H2. The number of Topliss-reactive ketones (excluding diaryl/α,β-unsaturated/α-hetero) is 2. The van der Waals surface area contributed by atoms with Crippen molar-refractivity contribution in [2.45, 2.75) is 38.5 Å². The molecular formula is C11H16N2O2. The van der Waals surface area contributed by atoms with Crippen LogP contribution in [0.25, 0.3) is 5.53 Å². The van der Waals surface area contributed by atoms with Crippen molar-refractivity contribution in [1.29, 1.82) is 0 Å². The van der Waals surface area contributed by atoms with E-state index in [1.807, 2.05) is 6.08 Å². The Labute approximate surface area is 89.6 Å². The van der Waals surface area contributed by atoms with E-state index < -0.39 is 0 Å². The van der Waals surface area contributed by atoms with Crippen molar-refractivity contribution in [1.82, 2.24) is 0 Å². The molecule has 4 heteroatoms. The van der Waals surface area contributed by atoms with E-state index in [-0.39, 0.29) is 24.4 Å². The average molecular weight is 208 g/mol. The van der Waals surface area contributed by atoms with Gasteiger partial charge in [0, 0.05) is 19.3 Å². The highest BCUT2D eigenvalue weighted by atomic mass is 16.1. The molecule has 15 heavy (non-hydrogen) atoms. The number of hydrogen-bond acceptors (Lipinski definition) is 2. The van der Waals surface area contributed by atoms with Gasteiger partial charge in [0.2, 0.25) is 5.78 Å². The molecule has 0 unspecified atom stereocenters. The Hall–Kier alpha value is -1.54. The van der Waals surface area contributed by atoms with E-state index in [1.165, 1.54) is 0 Å². The van der Waals surface area contributed by atoms with Gasteiger partial charge in [-0.2, -0.15) is 4.79 Å². The average Bonchev–Trinajstić information content (AvgIpc) is 2.22. The molecule has 4 nitrogen and oxygen atoms in total. The minimum absolute atomic E-state index is 0.0822. The summed E-state index contributed by atoms with van der Waals surface area (Å²) in [5, 5.41) is 0. The molecule has 0 spiro atoms. The van der Waals surface area contributed by atoms with Crippen molar-refractivity contribution in [3.63, 3.8) is 0 Å². The second-order valence-corrected chi connectivity index (χ2v) is 3.28. The molecule has 0 N–H and O–H groups in total. The van der Waals surface area contributed by atoms with E-state index >= 15 is 0 Å². The van der Waals surface area contributed by atoms with E-state index in [0.717, 1.165) is 25.5 Å². The number of unbranched alkanes of at least 4 members (excludes halogenated alkanes) is 2. The summed E-state index contributed by atoms with van der Waals surface area (Å²) >= 11 is 0. The molecule has 0 rings (SSSR count). The van der Waals surface area contributed by atoms with Crippen LogP contribution in [0, 0.1) is 0 Å². The zero-order chi connectivity index (χ0) is 11.5. The SMILES string of the molecule is C=CCCCCC(=O)CCC(=O)C=[N+]=[N-]. The Balaban J connectivity index is 3.52. The summed E-state index contributed by atoms with van der Waals surface area (Å²) < 4.78 is 0. The maximum absolute atomic E-state index is 11.2. The molecule has 0 aromatic heterocycles. The third kappa shape index (κ3) is 8.78. The number of nitrogens with zero attached hydrogens (tertiary/aromatic N) is 2. The second kappa shape index (κ2) is 9.03. The molecule has 0 aliphatic rings. The van der Waals surface area contributed by atoms with E-state index in [0.29, 0.717) is 6.42 Å². The first kappa shape index (κ1) is 13.5. The number of rotatable bonds is 9. The van der Waals surface area contributed by atoms with E-state index in [9.17, 15) is 9.59 Å². The largest absolute Gasteiger partial charge is 0.361 e. The van der Waals surface area contributed by atoms with E-state index in [4.69, 9.17) is 5.53 Å². The van der Waals surface area contributed by atoms with Gasteiger partial charge in [0.15, 0.2) is 0 Å². The highest BCUT2D eigenvalue weighted by Gasteiger charge is 2.07. The zero-order valence-electron chi connectivity index (χ0n) is 8.82. The smallest absolute Gasteiger partial charge is 0.323 e. The minimum atomic E-state index is -0.322. The fourth-order valence-corrected chi connectivity index (χ4v) is 1.13. The Morgan fingerprint density at radius 3 is 2.53 bits per heavy atom. The Morgan fingerprint density at radius 1 is 1.20 bits per heavy atom. The summed E-state index contributed by atoms with van der Waals surface area (Å²) in [4.78, 5) is 24.7. The lowest BCUT2D eigenvalue weighted by Crippen LogP contribution is -2.05. The quantitative estimate of drug-likeness (QED) is 0.191. The molecule has 0 aliphatic carbocycles. The summed E-state index contributed by atoms with van der Waals surface area (Å²) in [7, 11) is 0. The maximum Gasteiger partial charge on any atom is 0.323 e. The summed E-state index contributed by atoms with van der Waals surface area (Å²) in [6.45, 7) is 3.59. The zero-order valence-corrected chi connectivity index (χ0v) is 8.82. The normalized spacial score (nSPS) is 9.07. The van der Waals surface area contributed by atoms with Crippen molar-refractivity contribution < 1.29 is 14.4 Å². The number of hydrogen-bond donors (Lipinski definition) is 0. The topological polar surface area (TPSA) is 70.5 Å². The lowest BCUT2D eigenvalue weighted by molar-refractivity contribution is -0.122. The van der Waals surface area contributed by atoms with Gasteiger partial charge in [0.25, 0.3) is 0 Å². The third-order valence-electron chi connectivity index (χ3n) is 1.97. The molecule has 0 fully saturated rings. The van der Waals surface area contributed by atoms with Crippen LogP contribution in [0.2, 0.25) is 0 Å². The van der Waals surface area contributed by atoms with Gasteiger partial charge in [-0.25, -0.2) is 0 Å². The predicted molar refractivity (Wildman–Crippen MR) is 57.6 cm³/mol. The summed E-state index contributed by atoms with van der Waals surface area (Å²) in [5.74, 6) is -0.240. The molecular weight excluding hydrogens is 192 g/mol. The van der Waals surface area contributed by atoms with Gasteiger partial charge in [0.05, 0.1) is 0 Å². The van der Waals surface area contributed by atoms with E-state index in [2.05, 4.69) is 11.4 Å². The van der Waals surface area contributed by atoms with Gasteiger partial charge < -0.3 is 5.53 Å². The third-order valence-corrected chi connectivity index (χ3v) is 1.97. The number of ketones is 2. The van der Waals surface area contributed by atoms with Crippen LogP contribution in [0.5, 0.6) is 0 Å².